The highest BCUT2D eigenvalue weighted by Crippen LogP contribution is 2.14. The number of unbranched alkanes of at least 4 members (excludes halogenated alkanes) is 4. The van der Waals surface area contributed by atoms with Crippen molar-refractivity contribution in [2.75, 3.05) is 13.2 Å². The quantitative estimate of drug-likeness (QED) is 0.451. The van der Waals surface area contributed by atoms with Crippen LogP contribution in [0.5, 0.6) is 0 Å². The van der Waals surface area contributed by atoms with Crippen LogP contribution in [0.3, 0.4) is 0 Å². The SMILES string of the molecule is CCCCCCOC(=O)[C@@H](N)CCCCNC(=O)C(F)(F)F. The molecule has 3 N–H and O–H groups in total. The van der Waals surface area contributed by atoms with Crippen LogP contribution in [0.4, 0.5) is 13.2 Å². The van der Waals surface area contributed by atoms with Crippen LogP contribution in [0.1, 0.15) is 51.9 Å². The Hall–Kier alpha value is -1.31. The van der Waals surface area contributed by atoms with Gasteiger partial charge in [0.2, 0.25) is 0 Å². The van der Waals surface area contributed by atoms with Gasteiger partial charge in [-0.05, 0) is 25.7 Å². The second kappa shape index (κ2) is 11.3. The van der Waals surface area contributed by atoms with E-state index in [-0.39, 0.29) is 6.54 Å². The molecule has 0 aromatic rings. The molecule has 1 amide bonds. The highest BCUT2D eigenvalue weighted by atomic mass is 19.4. The maximum Gasteiger partial charge on any atom is 0.471 e. The number of nitrogens with one attached hydrogen (secondary N) is 1. The Kier molecular flexibility index (Phi) is 10.6. The number of ether oxygens (including phenoxy) is 1. The minimum Gasteiger partial charge on any atom is -0.465 e. The van der Waals surface area contributed by atoms with Crippen molar-refractivity contribution >= 4 is 11.9 Å². The summed E-state index contributed by atoms with van der Waals surface area (Å²) in [5.41, 5.74) is 5.63. The minimum atomic E-state index is -4.86. The fraction of sp³-hybridized carbons (Fsp3) is 0.857. The number of halogens is 3. The molecular weight excluding hydrogens is 301 g/mol. The first-order valence-electron chi connectivity index (χ1n) is 7.56. The fourth-order valence-corrected chi connectivity index (χ4v) is 1.72. The summed E-state index contributed by atoms with van der Waals surface area (Å²) in [6.07, 6.45) is 0.191. The van der Waals surface area contributed by atoms with Crippen molar-refractivity contribution in [3.63, 3.8) is 0 Å². The predicted molar refractivity (Wildman–Crippen MR) is 76.0 cm³/mol. The zero-order valence-electron chi connectivity index (χ0n) is 12.9. The molecule has 0 aliphatic carbocycles. The standard InChI is InChI=1S/C14H25F3N2O3/c1-2-3-4-7-10-22-12(20)11(18)8-5-6-9-19-13(21)14(15,16)17/h11H,2-10,18H2,1H3,(H,19,21)/t11-/m0/s1. The number of carbonyl (C=O) groups is 2. The zero-order chi connectivity index (χ0) is 17.0. The number of esters is 1. The third-order valence-corrected chi connectivity index (χ3v) is 3.03. The molecule has 0 fully saturated rings. The van der Waals surface area contributed by atoms with Crippen LogP contribution in [0.2, 0.25) is 0 Å². The second-order valence-electron chi connectivity index (χ2n) is 5.08. The number of nitrogens with two attached hydrogens (primary N) is 1. The molecule has 1 atom stereocenters. The third-order valence-electron chi connectivity index (χ3n) is 3.03. The van der Waals surface area contributed by atoms with Crippen LogP contribution in [0.15, 0.2) is 0 Å². The van der Waals surface area contributed by atoms with Gasteiger partial charge in [0.1, 0.15) is 6.04 Å². The second-order valence-corrected chi connectivity index (χ2v) is 5.08. The van der Waals surface area contributed by atoms with Crippen molar-refractivity contribution in [1.82, 2.24) is 5.32 Å². The lowest BCUT2D eigenvalue weighted by Gasteiger charge is -2.12. The van der Waals surface area contributed by atoms with Crippen molar-refractivity contribution in [1.29, 1.82) is 0 Å². The van der Waals surface area contributed by atoms with Gasteiger partial charge in [0, 0.05) is 6.54 Å². The summed E-state index contributed by atoms with van der Waals surface area (Å²) in [6.45, 7) is 2.32. The molecule has 0 aliphatic rings. The Bertz CT molecular complexity index is 336. The maximum absolute atomic E-state index is 11.9. The normalized spacial score (nSPS) is 12.8. The molecule has 130 valence electrons. The smallest absolute Gasteiger partial charge is 0.465 e. The summed E-state index contributed by atoms with van der Waals surface area (Å²) >= 11 is 0. The molecule has 0 aliphatic heterocycles. The van der Waals surface area contributed by atoms with Crippen molar-refractivity contribution in [3.05, 3.63) is 0 Å². The first-order valence-corrected chi connectivity index (χ1v) is 7.56. The van der Waals surface area contributed by atoms with Gasteiger partial charge in [-0.25, -0.2) is 0 Å². The number of carbonyl (C=O) groups excluding carboxylic acids is 2. The lowest BCUT2D eigenvalue weighted by Crippen LogP contribution is -2.37. The molecule has 5 nitrogen and oxygen atoms in total. The molecule has 0 saturated heterocycles. The Morgan fingerprint density at radius 1 is 1.14 bits per heavy atom. The Morgan fingerprint density at radius 3 is 2.41 bits per heavy atom. The molecule has 8 heteroatoms. The lowest BCUT2D eigenvalue weighted by atomic mass is 10.1. The molecule has 0 spiro atoms. The maximum atomic E-state index is 11.9. The first-order chi connectivity index (χ1) is 10.3. The van der Waals surface area contributed by atoms with Crippen molar-refractivity contribution in [2.45, 2.75) is 64.1 Å². The zero-order valence-corrected chi connectivity index (χ0v) is 12.9. The molecule has 0 unspecified atom stereocenters. The van der Waals surface area contributed by atoms with Crippen LogP contribution in [0.25, 0.3) is 0 Å². The molecule has 22 heavy (non-hydrogen) atoms. The lowest BCUT2D eigenvalue weighted by molar-refractivity contribution is -0.173. The Balaban J connectivity index is 3.61. The summed E-state index contributed by atoms with van der Waals surface area (Å²) in [5, 5.41) is 1.76. The Labute approximate surface area is 128 Å². The number of hydrogen-bond acceptors (Lipinski definition) is 4. The van der Waals surface area contributed by atoms with Gasteiger partial charge in [-0.1, -0.05) is 26.2 Å². The predicted octanol–water partition coefficient (Wildman–Crippen LogP) is 2.29. The van der Waals surface area contributed by atoms with E-state index in [9.17, 15) is 22.8 Å². The number of hydrogen-bond donors (Lipinski definition) is 2. The summed E-state index contributed by atoms with van der Waals surface area (Å²) < 4.78 is 40.7. The van der Waals surface area contributed by atoms with Crippen LogP contribution in [-0.4, -0.2) is 37.2 Å². The van der Waals surface area contributed by atoms with E-state index < -0.39 is 24.1 Å². The molecular formula is C14H25F3N2O3. The van der Waals surface area contributed by atoms with Crippen molar-refractivity contribution in [3.8, 4) is 0 Å². The molecule has 0 aromatic carbocycles. The molecule has 0 rings (SSSR count). The average molecular weight is 326 g/mol. The van der Waals surface area contributed by atoms with E-state index in [4.69, 9.17) is 10.5 Å². The minimum absolute atomic E-state index is 0.100. The van der Waals surface area contributed by atoms with Crippen molar-refractivity contribution in [2.24, 2.45) is 5.73 Å². The van der Waals surface area contributed by atoms with Gasteiger partial charge in [-0.3, -0.25) is 9.59 Å². The van der Waals surface area contributed by atoms with Crippen LogP contribution in [0, 0.1) is 0 Å². The molecule has 0 saturated carbocycles. The van der Waals surface area contributed by atoms with Gasteiger partial charge in [0.05, 0.1) is 6.61 Å². The van der Waals surface area contributed by atoms with E-state index in [0.29, 0.717) is 25.9 Å². The molecule has 0 heterocycles. The summed E-state index contributed by atoms with van der Waals surface area (Å²) in [4.78, 5) is 22.0. The van der Waals surface area contributed by atoms with Gasteiger partial charge < -0.3 is 15.8 Å². The van der Waals surface area contributed by atoms with Crippen LogP contribution in [-0.2, 0) is 14.3 Å². The largest absolute Gasteiger partial charge is 0.471 e. The van der Waals surface area contributed by atoms with E-state index in [2.05, 4.69) is 6.92 Å². The van der Waals surface area contributed by atoms with E-state index in [1.54, 1.807) is 5.32 Å². The Morgan fingerprint density at radius 2 is 1.82 bits per heavy atom. The van der Waals surface area contributed by atoms with E-state index in [1.165, 1.54) is 0 Å². The van der Waals surface area contributed by atoms with Gasteiger partial charge in [0.15, 0.2) is 0 Å². The van der Waals surface area contributed by atoms with Gasteiger partial charge in [-0.15, -0.1) is 0 Å². The van der Waals surface area contributed by atoms with E-state index >= 15 is 0 Å². The third kappa shape index (κ3) is 10.4. The highest BCUT2D eigenvalue weighted by molar-refractivity contribution is 5.81. The molecule has 0 bridgehead atoms. The molecule has 0 aromatic heterocycles. The van der Waals surface area contributed by atoms with Crippen molar-refractivity contribution < 1.29 is 27.5 Å². The summed E-state index contributed by atoms with van der Waals surface area (Å²) in [6, 6.07) is -0.774. The van der Waals surface area contributed by atoms with Gasteiger partial charge in [0.25, 0.3) is 0 Å². The summed E-state index contributed by atoms with van der Waals surface area (Å²) in [5.74, 6) is -2.45. The van der Waals surface area contributed by atoms with Gasteiger partial charge in [-0.2, -0.15) is 13.2 Å². The topological polar surface area (TPSA) is 81.4 Å². The van der Waals surface area contributed by atoms with E-state index in [0.717, 1.165) is 25.7 Å². The average Bonchev–Trinajstić information content (AvgIpc) is 2.44. The molecule has 0 radical (unpaired) electrons. The fourth-order valence-electron chi connectivity index (χ4n) is 1.72. The summed E-state index contributed by atoms with van der Waals surface area (Å²) in [7, 11) is 0. The van der Waals surface area contributed by atoms with Crippen LogP contribution < -0.4 is 11.1 Å². The number of alkyl halides is 3. The monoisotopic (exact) mass is 326 g/mol. The highest BCUT2D eigenvalue weighted by Gasteiger charge is 2.38. The first kappa shape index (κ1) is 20.7. The van der Waals surface area contributed by atoms with Crippen LogP contribution >= 0.6 is 0 Å². The van der Waals surface area contributed by atoms with E-state index in [1.807, 2.05) is 0 Å². The number of rotatable bonds is 11. The number of amides is 1. The van der Waals surface area contributed by atoms with Gasteiger partial charge >= 0.3 is 18.1 Å².